The third-order valence-electron chi connectivity index (χ3n) is 1.49. The van der Waals surface area contributed by atoms with Crippen LogP contribution in [0.5, 0.6) is 5.75 Å². The molecule has 0 bridgehead atoms. The van der Waals surface area contributed by atoms with E-state index >= 15 is 0 Å². The zero-order valence-corrected chi connectivity index (χ0v) is 9.45. The first kappa shape index (κ1) is 13.1. The number of halogens is 4. The summed E-state index contributed by atoms with van der Waals surface area (Å²) in [4.78, 5) is 0. The average molecular weight is 275 g/mol. The minimum Gasteiger partial charge on any atom is -0.383 e. The molecule has 0 aliphatic rings. The predicted molar refractivity (Wildman–Crippen MR) is 51.9 cm³/mol. The van der Waals surface area contributed by atoms with E-state index in [0.29, 0.717) is 6.07 Å². The maximum atomic E-state index is 12.3. The smallest absolute Gasteiger partial charge is 0.383 e. The van der Waals surface area contributed by atoms with Crippen molar-refractivity contribution in [2.75, 3.05) is 6.26 Å². The molecule has 0 N–H and O–H groups in total. The fraction of sp³-hybridized carbons (Fsp3) is 0.250. The van der Waals surface area contributed by atoms with Crippen LogP contribution in [0.25, 0.3) is 0 Å². The van der Waals surface area contributed by atoms with Gasteiger partial charge in [-0.2, -0.15) is 21.6 Å². The van der Waals surface area contributed by atoms with Gasteiger partial charge in [0.25, 0.3) is 0 Å². The topological polar surface area (TPSA) is 43.4 Å². The average Bonchev–Trinajstić information content (AvgIpc) is 1.97. The predicted octanol–water partition coefficient (Wildman–Crippen LogP) is 2.70. The molecule has 0 aliphatic carbocycles. The Morgan fingerprint density at radius 3 is 2.25 bits per heavy atom. The maximum Gasteiger partial charge on any atom is 0.417 e. The van der Waals surface area contributed by atoms with E-state index in [9.17, 15) is 21.6 Å². The molecule has 0 amide bonds. The Morgan fingerprint density at radius 2 is 1.88 bits per heavy atom. The molecular weight excluding hydrogens is 269 g/mol. The summed E-state index contributed by atoms with van der Waals surface area (Å²) in [6, 6.07) is 2.34. The first-order chi connectivity index (χ1) is 7.09. The number of benzene rings is 1. The minimum atomic E-state index is -4.58. The lowest BCUT2D eigenvalue weighted by atomic mass is 10.2. The van der Waals surface area contributed by atoms with Gasteiger partial charge in [-0.3, -0.25) is 0 Å². The van der Waals surface area contributed by atoms with E-state index in [1.807, 2.05) is 0 Å². The lowest BCUT2D eigenvalue weighted by Gasteiger charge is -2.10. The van der Waals surface area contributed by atoms with Crippen LogP contribution >= 0.6 is 11.6 Å². The van der Waals surface area contributed by atoms with Gasteiger partial charge in [0.15, 0.2) is 0 Å². The molecule has 3 nitrogen and oxygen atoms in total. The fourth-order valence-corrected chi connectivity index (χ4v) is 1.68. The Morgan fingerprint density at radius 1 is 1.31 bits per heavy atom. The van der Waals surface area contributed by atoms with Crippen LogP contribution in [0.4, 0.5) is 13.2 Å². The van der Waals surface area contributed by atoms with Crippen LogP contribution in [0.2, 0.25) is 5.02 Å². The molecule has 0 unspecified atom stereocenters. The fourth-order valence-electron chi connectivity index (χ4n) is 0.952. The second-order valence-electron chi connectivity index (χ2n) is 2.93. The summed E-state index contributed by atoms with van der Waals surface area (Å²) in [5.74, 6) is -0.263. The molecule has 0 radical (unpaired) electrons. The molecule has 90 valence electrons. The molecule has 1 aromatic carbocycles. The highest BCUT2D eigenvalue weighted by Crippen LogP contribution is 2.36. The van der Waals surface area contributed by atoms with E-state index in [4.69, 9.17) is 11.6 Å². The second kappa shape index (κ2) is 4.14. The number of hydrogen-bond donors (Lipinski definition) is 0. The van der Waals surface area contributed by atoms with Crippen LogP contribution in [0.1, 0.15) is 5.56 Å². The summed E-state index contributed by atoms with van der Waals surface area (Å²) >= 11 is 5.35. The Balaban J connectivity index is 3.10. The lowest BCUT2D eigenvalue weighted by Crippen LogP contribution is -2.08. The lowest BCUT2D eigenvalue weighted by molar-refractivity contribution is -0.137. The van der Waals surface area contributed by atoms with Gasteiger partial charge in [-0.05, 0) is 12.1 Å². The van der Waals surface area contributed by atoms with Crippen LogP contribution in [0.3, 0.4) is 0 Å². The summed E-state index contributed by atoms with van der Waals surface area (Å²) in [6.07, 6.45) is -3.81. The normalized spacial score (nSPS) is 12.6. The summed E-state index contributed by atoms with van der Waals surface area (Å²) in [7, 11) is -3.78. The van der Waals surface area contributed by atoms with Crippen LogP contribution < -0.4 is 4.18 Å². The molecular formula is C8H6ClF3O3S. The van der Waals surface area contributed by atoms with Gasteiger partial charge in [0.05, 0.1) is 16.8 Å². The van der Waals surface area contributed by atoms with Crippen LogP contribution in [-0.2, 0) is 16.3 Å². The van der Waals surface area contributed by atoms with Gasteiger partial charge in [-0.1, -0.05) is 11.6 Å². The van der Waals surface area contributed by atoms with Crippen molar-refractivity contribution in [1.82, 2.24) is 0 Å². The van der Waals surface area contributed by atoms with Crippen LogP contribution in [0.15, 0.2) is 18.2 Å². The highest BCUT2D eigenvalue weighted by Gasteiger charge is 2.33. The van der Waals surface area contributed by atoms with E-state index in [1.54, 1.807) is 0 Å². The van der Waals surface area contributed by atoms with Crippen LogP contribution in [0, 0.1) is 0 Å². The molecule has 0 spiro atoms. The SMILES string of the molecule is CS(=O)(=O)Oc1ccc(C(F)(F)F)c(Cl)c1. The molecule has 0 atom stereocenters. The molecule has 0 heterocycles. The maximum absolute atomic E-state index is 12.3. The summed E-state index contributed by atoms with van der Waals surface area (Å²) < 4.78 is 62.6. The minimum absolute atomic E-state index is 0.263. The summed E-state index contributed by atoms with van der Waals surface area (Å²) in [5, 5.41) is -0.617. The molecule has 16 heavy (non-hydrogen) atoms. The van der Waals surface area contributed by atoms with Crippen molar-refractivity contribution in [3.63, 3.8) is 0 Å². The van der Waals surface area contributed by atoms with E-state index in [-0.39, 0.29) is 5.75 Å². The van der Waals surface area contributed by atoms with E-state index in [0.717, 1.165) is 18.4 Å². The molecule has 8 heteroatoms. The highest BCUT2D eigenvalue weighted by atomic mass is 35.5. The van der Waals surface area contributed by atoms with Crippen molar-refractivity contribution in [2.24, 2.45) is 0 Å². The Labute approximate surface area is 94.9 Å². The first-order valence-electron chi connectivity index (χ1n) is 3.86. The number of hydrogen-bond acceptors (Lipinski definition) is 3. The zero-order chi connectivity index (χ0) is 12.6. The molecule has 0 aromatic heterocycles. The molecule has 0 fully saturated rings. The van der Waals surface area contributed by atoms with Crippen molar-refractivity contribution < 1.29 is 25.8 Å². The van der Waals surface area contributed by atoms with Gasteiger partial charge in [0.1, 0.15) is 5.75 Å². The van der Waals surface area contributed by atoms with Crippen molar-refractivity contribution in [2.45, 2.75) is 6.18 Å². The van der Waals surface area contributed by atoms with E-state index in [1.165, 1.54) is 0 Å². The molecule has 0 saturated heterocycles. The summed E-state index contributed by atoms with van der Waals surface area (Å²) in [6.45, 7) is 0. The third-order valence-corrected chi connectivity index (χ3v) is 2.30. The monoisotopic (exact) mass is 274 g/mol. The third kappa shape index (κ3) is 3.57. The van der Waals surface area contributed by atoms with E-state index in [2.05, 4.69) is 4.18 Å². The second-order valence-corrected chi connectivity index (χ2v) is 4.91. The van der Waals surface area contributed by atoms with Gasteiger partial charge in [0, 0.05) is 6.07 Å². The van der Waals surface area contributed by atoms with Crippen molar-refractivity contribution in [1.29, 1.82) is 0 Å². The van der Waals surface area contributed by atoms with Gasteiger partial charge < -0.3 is 4.18 Å². The number of alkyl halides is 3. The van der Waals surface area contributed by atoms with Gasteiger partial charge in [-0.15, -0.1) is 0 Å². The Hall–Kier alpha value is -0.950. The molecule has 1 aromatic rings. The van der Waals surface area contributed by atoms with Crippen molar-refractivity contribution in [3.8, 4) is 5.75 Å². The zero-order valence-electron chi connectivity index (χ0n) is 7.88. The Bertz CT molecular complexity index is 496. The standard InChI is InChI=1S/C8H6ClF3O3S/c1-16(13,14)15-5-2-3-6(7(9)4-5)8(10,11)12/h2-4H,1H3. The van der Waals surface area contributed by atoms with Crippen molar-refractivity contribution >= 4 is 21.7 Å². The van der Waals surface area contributed by atoms with Crippen LogP contribution in [-0.4, -0.2) is 14.7 Å². The highest BCUT2D eigenvalue weighted by molar-refractivity contribution is 7.86. The molecule has 1 rings (SSSR count). The first-order valence-corrected chi connectivity index (χ1v) is 6.05. The largest absolute Gasteiger partial charge is 0.417 e. The Kier molecular flexibility index (Phi) is 3.39. The van der Waals surface area contributed by atoms with Gasteiger partial charge in [-0.25, -0.2) is 0 Å². The van der Waals surface area contributed by atoms with Gasteiger partial charge >= 0.3 is 16.3 Å². The number of rotatable bonds is 2. The summed E-state index contributed by atoms with van der Waals surface area (Å²) in [5.41, 5.74) is -1.05. The van der Waals surface area contributed by atoms with E-state index < -0.39 is 26.9 Å². The quantitative estimate of drug-likeness (QED) is 0.779. The van der Waals surface area contributed by atoms with Crippen molar-refractivity contribution in [3.05, 3.63) is 28.8 Å². The van der Waals surface area contributed by atoms with Gasteiger partial charge in [0.2, 0.25) is 0 Å². The molecule has 0 saturated carbocycles. The molecule has 0 aliphatic heterocycles.